The minimum absolute atomic E-state index is 0.00552. The van der Waals surface area contributed by atoms with Crippen LogP contribution in [-0.4, -0.2) is 29.7 Å². The molecule has 17 heavy (non-hydrogen) atoms. The molecule has 0 aliphatic heterocycles. The number of carbonyl (C=O) groups excluding carboxylic acids is 1. The van der Waals surface area contributed by atoms with Gasteiger partial charge in [-0.15, -0.1) is 0 Å². The molecule has 0 bridgehead atoms. The Hall–Kier alpha value is -0.610. The number of carbonyl (C=O) groups is 1. The van der Waals surface area contributed by atoms with E-state index in [4.69, 9.17) is 10.8 Å². The van der Waals surface area contributed by atoms with Crippen molar-refractivity contribution < 1.29 is 9.90 Å². The van der Waals surface area contributed by atoms with Crippen LogP contribution < -0.4 is 11.1 Å². The summed E-state index contributed by atoms with van der Waals surface area (Å²) >= 11 is 0. The van der Waals surface area contributed by atoms with E-state index in [1.807, 2.05) is 0 Å². The van der Waals surface area contributed by atoms with E-state index in [9.17, 15) is 4.79 Å². The second kappa shape index (κ2) is 6.97. The van der Waals surface area contributed by atoms with E-state index in [1.54, 1.807) is 0 Å². The van der Waals surface area contributed by atoms with Crippen LogP contribution in [-0.2, 0) is 4.79 Å². The van der Waals surface area contributed by atoms with Crippen molar-refractivity contribution in [2.75, 3.05) is 13.2 Å². The Balaban J connectivity index is 2.34. The van der Waals surface area contributed by atoms with Gasteiger partial charge in [-0.3, -0.25) is 4.79 Å². The fraction of sp³-hybridized carbons (Fsp3) is 0.923. The van der Waals surface area contributed by atoms with Crippen LogP contribution in [0.1, 0.15) is 51.9 Å². The van der Waals surface area contributed by atoms with E-state index < -0.39 is 5.54 Å². The summed E-state index contributed by atoms with van der Waals surface area (Å²) in [4.78, 5) is 12.0. The SMILES string of the molecule is CCCC(CCO)CNC(=O)C1(N)CCCC1. The maximum absolute atomic E-state index is 12.0. The quantitative estimate of drug-likeness (QED) is 0.627. The predicted octanol–water partition coefficient (Wildman–Crippen LogP) is 1.17. The molecule has 1 unspecified atom stereocenters. The summed E-state index contributed by atoms with van der Waals surface area (Å²) in [5.74, 6) is 0.369. The molecule has 0 saturated heterocycles. The lowest BCUT2D eigenvalue weighted by Crippen LogP contribution is -2.52. The zero-order valence-corrected chi connectivity index (χ0v) is 10.9. The molecule has 0 heterocycles. The number of hydrogen-bond acceptors (Lipinski definition) is 3. The molecule has 4 nitrogen and oxygen atoms in total. The van der Waals surface area contributed by atoms with Crippen LogP contribution in [0, 0.1) is 5.92 Å². The average Bonchev–Trinajstić information content (AvgIpc) is 2.74. The van der Waals surface area contributed by atoms with Crippen molar-refractivity contribution in [1.82, 2.24) is 5.32 Å². The Kier molecular flexibility index (Phi) is 5.92. The van der Waals surface area contributed by atoms with Crippen LogP contribution in [0.2, 0.25) is 0 Å². The van der Waals surface area contributed by atoms with Gasteiger partial charge in [0.1, 0.15) is 0 Å². The molecule has 1 amide bonds. The number of rotatable bonds is 7. The van der Waals surface area contributed by atoms with E-state index in [1.165, 1.54) is 0 Å². The van der Waals surface area contributed by atoms with Gasteiger partial charge in [0.15, 0.2) is 0 Å². The first-order valence-electron chi connectivity index (χ1n) is 6.80. The lowest BCUT2D eigenvalue weighted by atomic mass is 9.96. The fourth-order valence-corrected chi connectivity index (χ4v) is 2.59. The van der Waals surface area contributed by atoms with Crippen LogP contribution in [0.5, 0.6) is 0 Å². The maximum atomic E-state index is 12.0. The lowest BCUT2D eigenvalue weighted by Gasteiger charge is -2.24. The van der Waals surface area contributed by atoms with Crippen LogP contribution in [0.4, 0.5) is 0 Å². The van der Waals surface area contributed by atoms with Crippen LogP contribution >= 0.6 is 0 Å². The molecular formula is C13H26N2O2. The van der Waals surface area contributed by atoms with Gasteiger partial charge in [-0.1, -0.05) is 26.2 Å². The molecule has 4 N–H and O–H groups in total. The van der Waals surface area contributed by atoms with E-state index in [0.717, 1.165) is 44.9 Å². The Morgan fingerprint density at radius 2 is 2.06 bits per heavy atom. The largest absolute Gasteiger partial charge is 0.396 e. The van der Waals surface area contributed by atoms with Crippen molar-refractivity contribution in [1.29, 1.82) is 0 Å². The van der Waals surface area contributed by atoms with Crippen molar-refractivity contribution >= 4 is 5.91 Å². The number of aliphatic hydroxyl groups is 1. The lowest BCUT2D eigenvalue weighted by molar-refractivity contribution is -0.126. The predicted molar refractivity (Wildman–Crippen MR) is 68.5 cm³/mol. The summed E-state index contributed by atoms with van der Waals surface area (Å²) < 4.78 is 0. The van der Waals surface area contributed by atoms with Gasteiger partial charge in [0, 0.05) is 13.2 Å². The van der Waals surface area contributed by atoms with Crippen LogP contribution in [0.3, 0.4) is 0 Å². The van der Waals surface area contributed by atoms with Crippen molar-refractivity contribution in [3.05, 3.63) is 0 Å². The molecule has 0 aromatic carbocycles. The molecular weight excluding hydrogens is 216 g/mol. The molecule has 1 aliphatic carbocycles. The first-order chi connectivity index (χ1) is 8.12. The Labute approximate surface area is 104 Å². The first-order valence-corrected chi connectivity index (χ1v) is 6.80. The second-order valence-electron chi connectivity index (χ2n) is 5.24. The zero-order valence-electron chi connectivity index (χ0n) is 10.9. The molecule has 4 heteroatoms. The highest BCUT2D eigenvalue weighted by atomic mass is 16.3. The highest BCUT2D eigenvalue weighted by Gasteiger charge is 2.36. The normalized spacial score (nSPS) is 20.2. The fourth-order valence-electron chi connectivity index (χ4n) is 2.59. The highest BCUT2D eigenvalue weighted by Crippen LogP contribution is 2.27. The van der Waals surface area contributed by atoms with Gasteiger partial charge in [-0.2, -0.15) is 0 Å². The number of amides is 1. The number of nitrogens with one attached hydrogen (secondary N) is 1. The third-order valence-corrected chi connectivity index (χ3v) is 3.73. The maximum Gasteiger partial charge on any atom is 0.240 e. The Morgan fingerprint density at radius 3 is 2.59 bits per heavy atom. The second-order valence-corrected chi connectivity index (χ2v) is 5.24. The summed E-state index contributed by atoms with van der Waals surface area (Å²) in [6.07, 6.45) is 6.59. The average molecular weight is 242 g/mol. The van der Waals surface area contributed by atoms with Crippen molar-refractivity contribution in [3.63, 3.8) is 0 Å². The molecule has 1 atom stereocenters. The molecule has 0 radical (unpaired) electrons. The van der Waals surface area contributed by atoms with E-state index in [0.29, 0.717) is 12.5 Å². The molecule has 0 spiro atoms. The summed E-state index contributed by atoms with van der Waals surface area (Å²) in [6.45, 7) is 2.95. The summed E-state index contributed by atoms with van der Waals surface area (Å²) in [5.41, 5.74) is 5.45. The van der Waals surface area contributed by atoms with Gasteiger partial charge in [0.25, 0.3) is 0 Å². The minimum atomic E-state index is -0.629. The van der Waals surface area contributed by atoms with Crippen LogP contribution in [0.25, 0.3) is 0 Å². The number of hydrogen-bond donors (Lipinski definition) is 3. The van der Waals surface area contributed by atoms with E-state index in [2.05, 4.69) is 12.2 Å². The minimum Gasteiger partial charge on any atom is -0.396 e. The third-order valence-electron chi connectivity index (χ3n) is 3.73. The van der Waals surface area contributed by atoms with Gasteiger partial charge in [-0.05, 0) is 31.6 Å². The summed E-state index contributed by atoms with van der Waals surface area (Å²) in [6, 6.07) is 0. The van der Waals surface area contributed by atoms with E-state index >= 15 is 0 Å². The molecule has 100 valence electrons. The van der Waals surface area contributed by atoms with E-state index in [-0.39, 0.29) is 12.5 Å². The smallest absolute Gasteiger partial charge is 0.240 e. The van der Waals surface area contributed by atoms with Gasteiger partial charge in [0.05, 0.1) is 5.54 Å². The van der Waals surface area contributed by atoms with Gasteiger partial charge in [-0.25, -0.2) is 0 Å². The summed E-state index contributed by atoms with van der Waals surface area (Å²) in [7, 11) is 0. The number of aliphatic hydroxyl groups excluding tert-OH is 1. The topological polar surface area (TPSA) is 75.3 Å². The zero-order chi connectivity index (χ0) is 12.7. The van der Waals surface area contributed by atoms with Crippen molar-refractivity contribution in [2.45, 2.75) is 57.4 Å². The van der Waals surface area contributed by atoms with Gasteiger partial charge >= 0.3 is 0 Å². The van der Waals surface area contributed by atoms with Crippen LogP contribution in [0.15, 0.2) is 0 Å². The standard InChI is InChI=1S/C13H26N2O2/c1-2-5-11(6-9-16)10-15-12(17)13(14)7-3-4-8-13/h11,16H,2-10,14H2,1H3,(H,15,17). The highest BCUT2D eigenvalue weighted by molar-refractivity contribution is 5.86. The molecule has 1 saturated carbocycles. The molecule has 1 rings (SSSR count). The number of nitrogens with two attached hydrogens (primary N) is 1. The van der Waals surface area contributed by atoms with Gasteiger partial charge < -0.3 is 16.2 Å². The monoisotopic (exact) mass is 242 g/mol. The van der Waals surface area contributed by atoms with Crippen molar-refractivity contribution in [2.24, 2.45) is 11.7 Å². The van der Waals surface area contributed by atoms with Gasteiger partial charge in [0.2, 0.25) is 5.91 Å². The molecule has 1 aliphatic rings. The third kappa shape index (κ3) is 4.28. The summed E-state index contributed by atoms with van der Waals surface area (Å²) in [5, 5.41) is 11.9. The van der Waals surface area contributed by atoms with Crippen molar-refractivity contribution in [3.8, 4) is 0 Å². The molecule has 0 aromatic heterocycles. The molecule has 0 aromatic rings. The first kappa shape index (κ1) is 14.5. The Morgan fingerprint density at radius 1 is 1.41 bits per heavy atom. The molecule has 1 fully saturated rings. The Bertz CT molecular complexity index is 232.